The molecule has 6 nitrogen and oxygen atoms in total. The molecule has 1 aliphatic heterocycles. The van der Waals surface area contributed by atoms with E-state index in [2.05, 4.69) is 5.10 Å². The summed E-state index contributed by atoms with van der Waals surface area (Å²) in [7, 11) is 1.79. The van der Waals surface area contributed by atoms with Crippen molar-refractivity contribution >= 4 is 18.0 Å². The maximum absolute atomic E-state index is 11.9. The Kier molecular flexibility index (Phi) is 3.45. The topological polar surface area (TPSA) is 75.4 Å². The van der Waals surface area contributed by atoms with E-state index in [0.717, 1.165) is 12.0 Å². The molecule has 0 bridgehead atoms. The van der Waals surface area contributed by atoms with Gasteiger partial charge in [-0.2, -0.15) is 5.10 Å². The van der Waals surface area contributed by atoms with Crippen LogP contribution in [0.3, 0.4) is 0 Å². The highest BCUT2D eigenvalue weighted by atomic mass is 16.4. The highest BCUT2D eigenvalue weighted by molar-refractivity contribution is 5.94. The SMILES string of the molecule is Cn1cc(/C=C/C(=O)N2CCC[C@H]2C(=O)O)cn1. The third-order valence-corrected chi connectivity index (χ3v) is 2.96. The molecule has 0 aliphatic carbocycles. The first-order chi connectivity index (χ1) is 8.58. The number of hydrogen-bond acceptors (Lipinski definition) is 3. The number of aryl methyl sites for hydroxylation is 1. The zero-order valence-electron chi connectivity index (χ0n) is 10.1. The molecule has 1 N–H and O–H groups in total. The first kappa shape index (κ1) is 12.3. The number of nitrogens with zero attached hydrogens (tertiary/aromatic N) is 3. The number of carbonyl (C=O) groups is 2. The van der Waals surface area contributed by atoms with Crippen molar-refractivity contribution in [3.05, 3.63) is 24.0 Å². The Hall–Kier alpha value is -2.11. The number of amides is 1. The Labute approximate surface area is 105 Å². The van der Waals surface area contributed by atoms with Gasteiger partial charge in [-0.25, -0.2) is 4.79 Å². The number of rotatable bonds is 3. The van der Waals surface area contributed by atoms with Crippen LogP contribution in [0.5, 0.6) is 0 Å². The normalized spacial score (nSPS) is 19.6. The van der Waals surface area contributed by atoms with Gasteiger partial charge in [0, 0.05) is 31.4 Å². The average Bonchev–Trinajstić information content (AvgIpc) is 2.94. The highest BCUT2D eigenvalue weighted by Gasteiger charge is 2.32. The van der Waals surface area contributed by atoms with E-state index in [1.165, 1.54) is 11.0 Å². The van der Waals surface area contributed by atoms with E-state index >= 15 is 0 Å². The molecule has 1 saturated heterocycles. The van der Waals surface area contributed by atoms with Crippen molar-refractivity contribution in [2.24, 2.45) is 7.05 Å². The van der Waals surface area contributed by atoms with E-state index in [-0.39, 0.29) is 5.91 Å². The van der Waals surface area contributed by atoms with E-state index in [0.29, 0.717) is 13.0 Å². The van der Waals surface area contributed by atoms with E-state index in [1.807, 2.05) is 0 Å². The van der Waals surface area contributed by atoms with Gasteiger partial charge in [0.05, 0.1) is 6.20 Å². The summed E-state index contributed by atoms with van der Waals surface area (Å²) in [5, 5.41) is 13.0. The second-order valence-electron chi connectivity index (χ2n) is 4.31. The van der Waals surface area contributed by atoms with Crippen molar-refractivity contribution in [1.29, 1.82) is 0 Å². The van der Waals surface area contributed by atoms with Crippen molar-refractivity contribution < 1.29 is 14.7 Å². The fourth-order valence-corrected chi connectivity index (χ4v) is 2.08. The predicted octanol–water partition coefficient (Wildman–Crippen LogP) is 0.509. The van der Waals surface area contributed by atoms with Crippen molar-refractivity contribution in [1.82, 2.24) is 14.7 Å². The number of carboxylic acids is 1. The van der Waals surface area contributed by atoms with Crippen LogP contribution < -0.4 is 0 Å². The quantitative estimate of drug-likeness (QED) is 0.792. The summed E-state index contributed by atoms with van der Waals surface area (Å²) in [5.74, 6) is -1.20. The van der Waals surface area contributed by atoms with E-state index in [1.54, 1.807) is 30.2 Å². The molecule has 96 valence electrons. The van der Waals surface area contributed by atoms with Gasteiger partial charge in [-0.15, -0.1) is 0 Å². The lowest BCUT2D eigenvalue weighted by Gasteiger charge is -2.19. The van der Waals surface area contributed by atoms with Crippen molar-refractivity contribution in [2.75, 3.05) is 6.54 Å². The highest BCUT2D eigenvalue weighted by Crippen LogP contribution is 2.18. The van der Waals surface area contributed by atoms with Crippen LogP contribution in [0.4, 0.5) is 0 Å². The minimum atomic E-state index is -0.935. The van der Waals surface area contributed by atoms with Gasteiger partial charge in [0.2, 0.25) is 5.91 Å². The molecule has 1 aliphatic rings. The molecule has 1 amide bonds. The Balaban J connectivity index is 2.03. The third kappa shape index (κ3) is 2.58. The van der Waals surface area contributed by atoms with Gasteiger partial charge >= 0.3 is 5.97 Å². The van der Waals surface area contributed by atoms with Crippen LogP contribution >= 0.6 is 0 Å². The van der Waals surface area contributed by atoms with Crippen molar-refractivity contribution in [3.8, 4) is 0 Å². The Morgan fingerprint density at radius 1 is 1.56 bits per heavy atom. The molecule has 1 aromatic rings. The second kappa shape index (κ2) is 5.03. The molecule has 0 unspecified atom stereocenters. The van der Waals surface area contributed by atoms with Crippen LogP contribution in [-0.2, 0) is 16.6 Å². The molecule has 0 spiro atoms. The van der Waals surface area contributed by atoms with Gasteiger partial charge in [0.15, 0.2) is 0 Å². The summed E-state index contributed by atoms with van der Waals surface area (Å²) >= 11 is 0. The average molecular weight is 249 g/mol. The van der Waals surface area contributed by atoms with E-state index < -0.39 is 12.0 Å². The molecule has 1 fully saturated rings. The van der Waals surface area contributed by atoms with Crippen LogP contribution in [-0.4, -0.2) is 44.3 Å². The van der Waals surface area contributed by atoms with Crippen LogP contribution in [0.1, 0.15) is 18.4 Å². The Bertz CT molecular complexity index is 493. The van der Waals surface area contributed by atoms with Gasteiger partial charge in [0.1, 0.15) is 6.04 Å². The molecule has 2 rings (SSSR count). The summed E-state index contributed by atoms with van der Waals surface area (Å²) < 4.78 is 1.64. The second-order valence-corrected chi connectivity index (χ2v) is 4.31. The van der Waals surface area contributed by atoms with Crippen molar-refractivity contribution in [3.63, 3.8) is 0 Å². The summed E-state index contributed by atoms with van der Waals surface area (Å²) in [6.45, 7) is 0.507. The molecule has 0 aromatic carbocycles. The number of carboxylic acid groups (broad SMARTS) is 1. The number of aromatic nitrogens is 2. The fourth-order valence-electron chi connectivity index (χ4n) is 2.08. The van der Waals surface area contributed by atoms with E-state index in [9.17, 15) is 9.59 Å². The molecule has 0 saturated carbocycles. The molecule has 18 heavy (non-hydrogen) atoms. The monoisotopic (exact) mass is 249 g/mol. The van der Waals surface area contributed by atoms with Crippen molar-refractivity contribution in [2.45, 2.75) is 18.9 Å². The number of hydrogen-bond donors (Lipinski definition) is 1. The van der Waals surface area contributed by atoms with Gasteiger partial charge in [0.25, 0.3) is 0 Å². The van der Waals surface area contributed by atoms with Crippen LogP contribution in [0.15, 0.2) is 18.5 Å². The molecule has 0 radical (unpaired) electrons. The summed E-state index contributed by atoms with van der Waals surface area (Å²) in [6, 6.07) is -0.684. The smallest absolute Gasteiger partial charge is 0.326 e. The van der Waals surface area contributed by atoms with Gasteiger partial charge in [-0.05, 0) is 18.9 Å². The third-order valence-electron chi connectivity index (χ3n) is 2.96. The molecular formula is C12H15N3O3. The molecule has 6 heteroatoms. The molecule has 1 atom stereocenters. The maximum Gasteiger partial charge on any atom is 0.326 e. The summed E-state index contributed by atoms with van der Waals surface area (Å²) in [5.41, 5.74) is 0.817. The van der Waals surface area contributed by atoms with Crippen LogP contribution in [0.25, 0.3) is 6.08 Å². The zero-order valence-corrected chi connectivity index (χ0v) is 10.1. The first-order valence-electron chi connectivity index (χ1n) is 5.78. The molecular weight excluding hydrogens is 234 g/mol. The predicted molar refractivity (Wildman–Crippen MR) is 64.6 cm³/mol. The maximum atomic E-state index is 11.9. The lowest BCUT2D eigenvalue weighted by Crippen LogP contribution is -2.39. The first-order valence-corrected chi connectivity index (χ1v) is 5.78. The molecule has 2 heterocycles. The standard InChI is InChI=1S/C12H15N3O3/c1-14-8-9(7-13-14)4-5-11(16)15-6-2-3-10(15)12(17)18/h4-5,7-8,10H,2-3,6H2,1H3,(H,17,18)/b5-4+/t10-/m0/s1. The number of aliphatic carboxylic acids is 1. The fraction of sp³-hybridized carbons (Fsp3) is 0.417. The largest absolute Gasteiger partial charge is 0.480 e. The van der Waals surface area contributed by atoms with Gasteiger partial charge in [-0.3, -0.25) is 9.48 Å². The summed E-state index contributed by atoms with van der Waals surface area (Å²) in [6.07, 6.45) is 7.74. The van der Waals surface area contributed by atoms with Gasteiger partial charge < -0.3 is 10.0 Å². The minimum absolute atomic E-state index is 0.260. The zero-order chi connectivity index (χ0) is 13.1. The lowest BCUT2D eigenvalue weighted by atomic mass is 10.2. The lowest BCUT2D eigenvalue weighted by molar-refractivity contribution is -0.146. The Morgan fingerprint density at radius 3 is 2.94 bits per heavy atom. The minimum Gasteiger partial charge on any atom is -0.480 e. The van der Waals surface area contributed by atoms with E-state index in [4.69, 9.17) is 5.11 Å². The number of carbonyl (C=O) groups excluding carboxylic acids is 1. The Morgan fingerprint density at radius 2 is 2.33 bits per heavy atom. The summed E-state index contributed by atoms with van der Waals surface area (Å²) in [4.78, 5) is 24.2. The molecule has 1 aromatic heterocycles. The van der Waals surface area contributed by atoms with Crippen LogP contribution in [0.2, 0.25) is 0 Å². The van der Waals surface area contributed by atoms with Gasteiger partial charge in [-0.1, -0.05) is 0 Å². The van der Waals surface area contributed by atoms with Crippen LogP contribution in [0, 0.1) is 0 Å². The number of likely N-dealkylation sites (tertiary alicyclic amines) is 1.